The number of hydrogen-bond donors (Lipinski definition) is 2. The van der Waals surface area contributed by atoms with Crippen LogP contribution in [0.3, 0.4) is 0 Å². The Morgan fingerprint density at radius 3 is 2.69 bits per heavy atom. The van der Waals surface area contributed by atoms with Gasteiger partial charge in [-0.3, -0.25) is 9.59 Å². The Bertz CT molecular complexity index is 1590. The van der Waals surface area contributed by atoms with E-state index >= 15 is 0 Å². The van der Waals surface area contributed by atoms with E-state index in [1.807, 2.05) is 70.5 Å². The predicted octanol–water partition coefficient (Wildman–Crippen LogP) is 4.86. The topological polar surface area (TPSA) is 95.4 Å². The molecule has 9 heteroatoms. The molecule has 0 aliphatic carbocycles. The maximum Gasteiger partial charge on any atom is 0.247 e. The molecule has 0 atom stereocenters. The van der Waals surface area contributed by atoms with Crippen molar-refractivity contribution in [2.75, 3.05) is 49.8 Å². The predicted molar refractivity (Wildman–Crippen MR) is 157 cm³/mol. The lowest BCUT2D eigenvalue weighted by atomic mass is 10.0. The maximum atomic E-state index is 12.8. The molecule has 1 amide bonds. The number of ketones is 1. The van der Waals surface area contributed by atoms with E-state index in [-0.39, 0.29) is 11.7 Å². The van der Waals surface area contributed by atoms with Crippen LogP contribution in [0.1, 0.15) is 22.5 Å². The summed E-state index contributed by atoms with van der Waals surface area (Å²) in [6.07, 6.45) is 3.45. The van der Waals surface area contributed by atoms with Gasteiger partial charge in [0.15, 0.2) is 5.78 Å². The monoisotopic (exact) mass is 523 g/mol. The summed E-state index contributed by atoms with van der Waals surface area (Å²) in [5.74, 6) is 0.242. The summed E-state index contributed by atoms with van der Waals surface area (Å²) < 4.78 is 2.09. The summed E-state index contributed by atoms with van der Waals surface area (Å²) in [6.45, 7) is 7.93. The van der Waals surface area contributed by atoms with Gasteiger partial charge in [0.05, 0.1) is 22.8 Å². The maximum absolute atomic E-state index is 12.8. The van der Waals surface area contributed by atoms with Crippen molar-refractivity contribution in [1.82, 2.24) is 19.4 Å². The zero-order valence-corrected chi connectivity index (χ0v) is 22.8. The number of para-hydroxylation sites is 1. The molecule has 3 heterocycles. The van der Waals surface area contributed by atoms with Gasteiger partial charge in [-0.25, -0.2) is 9.97 Å². The van der Waals surface area contributed by atoms with Crippen LogP contribution in [-0.4, -0.2) is 65.4 Å². The molecule has 5 rings (SSSR count). The number of aryl methyl sites for hydroxylation is 2. The molecule has 1 aliphatic rings. The first kappa shape index (κ1) is 26.1. The number of benzene rings is 2. The van der Waals surface area contributed by atoms with Crippen molar-refractivity contribution in [2.24, 2.45) is 0 Å². The zero-order chi connectivity index (χ0) is 27.7. The molecule has 1 aliphatic heterocycles. The van der Waals surface area contributed by atoms with Crippen LogP contribution in [0, 0.1) is 6.92 Å². The SMILES string of the molecule is C=CC(=O)Nc1cc(Nc2nccc(-c3c4n(c5ccccc35)CCC4=O)n2)c(C)cc1N(C)CCN(C)C. The first-order valence-corrected chi connectivity index (χ1v) is 13.0. The number of amides is 1. The molecule has 39 heavy (non-hydrogen) atoms. The second-order valence-corrected chi connectivity index (χ2v) is 10.1. The highest BCUT2D eigenvalue weighted by Crippen LogP contribution is 2.38. The van der Waals surface area contributed by atoms with Crippen molar-refractivity contribution >= 4 is 45.6 Å². The fourth-order valence-electron chi connectivity index (χ4n) is 4.99. The Morgan fingerprint density at radius 2 is 1.92 bits per heavy atom. The average molecular weight is 524 g/mol. The molecule has 2 aromatic heterocycles. The third-order valence-corrected chi connectivity index (χ3v) is 7.04. The summed E-state index contributed by atoms with van der Waals surface area (Å²) in [4.78, 5) is 38.6. The molecule has 9 nitrogen and oxygen atoms in total. The highest BCUT2D eigenvalue weighted by Gasteiger charge is 2.29. The van der Waals surface area contributed by atoms with Crippen molar-refractivity contribution in [3.63, 3.8) is 0 Å². The quantitative estimate of drug-likeness (QED) is 0.303. The number of carbonyl (C=O) groups excluding carboxylic acids is 2. The van der Waals surface area contributed by atoms with Gasteiger partial charge in [-0.1, -0.05) is 24.8 Å². The summed E-state index contributed by atoms with van der Waals surface area (Å²) in [5.41, 5.74) is 6.56. The van der Waals surface area contributed by atoms with Gasteiger partial charge < -0.3 is 25.0 Å². The van der Waals surface area contributed by atoms with Crippen molar-refractivity contribution in [3.05, 3.63) is 72.6 Å². The molecule has 0 saturated heterocycles. The Labute approximate surface area is 228 Å². The van der Waals surface area contributed by atoms with Gasteiger partial charge in [-0.2, -0.15) is 0 Å². The Kier molecular flexibility index (Phi) is 7.17. The minimum Gasteiger partial charge on any atom is -0.372 e. The van der Waals surface area contributed by atoms with E-state index in [0.717, 1.165) is 46.5 Å². The smallest absolute Gasteiger partial charge is 0.247 e. The van der Waals surface area contributed by atoms with Crippen LogP contribution >= 0.6 is 0 Å². The minimum absolute atomic E-state index is 0.127. The van der Waals surface area contributed by atoms with Crippen molar-refractivity contribution in [2.45, 2.75) is 19.9 Å². The molecular weight excluding hydrogens is 490 g/mol. The van der Waals surface area contributed by atoms with Crippen molar-refractivity contribution in [1.29, 1.82) is 0 Å². The van der Waals surface area contributed by atoms with Crippen LogP contribution in [0.2, 0.25) is 0 Å². The van der Waals surface area contributed by atoms with Gasteiger partial charge in [0.25, 0.3) is 0 Å². The summed E-state index contributed by atoms with van der Waals surface area (Å²) in [6, 6.07) is 13.8. The van der Waals surface area contributed by atoms with Crippen LogP contribution in [-0.2, 0) is 11.3 Å². The largest absolute Gasteiger partial charge is 0.372 e. The van der Waals surface area contributed by atoms with Gasteiger partial charge in [-0.05, 0) is 56.9 Å². The summed E-state index contributed by atoms with van der Waals surface area (Å²) in [7, 11) is 6.06. The zero-order valence-electron chi connectivity index (χ0n) is 22.8. The minimum atomic E-state index is -0.288. The molecule has 0 bridgehead atoms. The van der Waals surface area contributed by atoms with Gasteiger partial charge >= 0.3 is 0 Å². The molecule has 0 unspecified atom stereocenters. The lowest BCUT2D eigenvalue weighted by molar-refractivity contribution is -0.111. The molecule has 2 N–H and O–H groups in total. The molecule has 0 spiro atoms. The number of anilines is 4. The Morgan fingerprint density at radius 1 is 1.13 bits per heavy atom. The van der Waals surface area contributed by atoms with E-state index in [1.165, 1.54) is 6.08 Å². The standard InChI is InChI=1S/C30H33N7O2/c1-6-27(39)32-23-18-22(19(2)17-25(23)36(5)16-15-35(3)4)34-30-31-13-11-21(33-30)28-20-9-7-8-10-24(20)37-14-12-26(38)29(28)37/h6-11,13,17-18H,1,12,14-16H2,2-5H3,(H,32,39)(H,31,33,34). The van der Waals surface area contributed by atoms with Crippen LogP contribution in [0.25, 0.3) is 22.2 Å². The number of nitrogens with zero attached hydrogens (tertiary/aromatic N) is 5. The van der Waals surface area contributed by atoms with E-state index < -0.39 is 0 Å². The van der Waals surface area contributed by atoms with Crippen LogP contribution in [0.15, 0.2) is 61.3 Å². The van der Waals surface area contributed by atoms with E-state index in [9.17, 15) is 9.59 Å². The highest BCUT2D eigenvalue weighted by molar-refractivity contribution is 6.12. The Balaban J connectivity index is 1.52. The van der Waals surface area contributed by atoms with E-state index in [1.54, 1.807) is 6.20 Å². The summed E-state index contributed by atoms with van der Waals surface area (Å²) in [5, 5.41) is 7.27. The molecular formula is C30H33N7O2. The number of aromatic nitrogens is 3. The fourth-order valence-corrected chi connectivity index (χ4v) is 4.99. The van der Waals surface area contributed by atoms with Crippen LogP contribution in [0.5, 0.6) is 0 Å². The van der Waals surface area contributed by atoms with E-state index in [4.69, 9.17) is 4.98 Å². The first-order chi connectivity index (χ1) is 18.8. The number of fused-ring (bicyclic) bond motifs is 3. The lowest BCUT2D eigenvalue weighted by Gasteiger charge is -2.25. The number of rotatable bonds is 9. The highest BCUT2D eigenvalue weighted by atomic mass is 16.1. The normalized spacial score (nSPS) is 12.6. The second-order valence-electron chi connectivity index (χ2n) is 10.1. The van der Waals surface area contributed by atoms with Gasteiger partial charge in [0, 0.05) is 61.5 Å². The van der Waals surface area contributed by atoms with Crippen LogP contribution in [0.4, 0.5) is 23.0 Å². The number of carbonyl (C=O) groups is 2. The molecule has 0 fully saturated rings. The second kappa shape index (κ2) is 10.7. The fraction of sp³-hybridized carbons (Fsp3) is 0.267. The van der Waals surface area contributed by atoms with Gasteiger partial charge in [-0.15, -0.1) is 0 Å². The van der Waals surface area contributed by atoms with Crippen LogP contribution < -0.4 is 15.5 Å². The first-order valence-electron chi connectivity index (χ1n) is 13.0. The number of nitrogens with one attached hydrogen (secondary N) is 2. The van der Waals surface area contributed by atoms with Gasteiger partial charge in [0.1, 0.15) is 0 Å². The number of Topliss-reactive ketones (excluding diaryl/α,β-unsaturated/α-hetero) is 1. The van der Waals surface area contributed by atoms with Crippen molar-refractivity contribution < 1.29 is 9.59 Å². The third kappa shape index (κ3) is 5.13. The number of hydrogen-bond acceptors (Lipinski definition) is 7. The average Bonchev–Trinajstić information content (AvgIpc) is 3.46. The number of likely N-dealkylation sites (N-methyl/N-ethyl adjacent to an activating group) is 2. The van der Waals surface area contributed by atoms with Gasteiger partial charge in [0.2, 0.25) is 11.9 Å². The third-order valence-electron chi connectivity index (χ3n) is 7.04. The van der Waals surface area contributed by atoms with E-state index in [2.05, 4.69) is 36.6 Å². The molecule has 4 aromatic rings. The lowest BCUT2D eigenvalue weighted by Crippen LogP contribution is -2.29. The van der Waals surface area contributed by atoms with Crippen molar-refractivity contribution in [3.8, 4) is 11.3 Å². The molecule has 200 valence electrons. The molecule has 0 radical (unpaired) electrons. The molecule has 0 saturated carbocycles. The Hall–Kier alpha value is -4.50. The summed E-state index contributed by atoms with van der Waals surface area (Å²) >= 11 is 0. The molecule has 2 aromatic carbocycles. The van der Waals surface area contributed by atoms with E-state index in [0.29, 0.717) is 36.0 Å².